The summed E-state index contributed by atoms with van der Waals surface area (Å²) in [5, 5.41) is 13.6. The Labute approximate surface area is 132 Å². The van der Waals surface area contributed by atoms with Crippen LogP contribution in [0.4, 0.5) is 16.5 Å². The number of piperidine rings is 1. The van der Waals surface area contributed by atoms with E-state index in [4.69, 9.17) is 5.73 Å². The van der Waals surface area contributed by atoms with Crippen molar-refractivity contribution in [3.63, 3.8) is 0 Å². The Bertz CT molecular complexity index is 693. The zero-order chi connectivity index (χ0) is 15.7. The van der Waals surface area contributed by atoms with Gasteiger partial charge in [-0.1, -0.05) is 0 Å². The third kappa shape index (κ3) is 2.76. The fourth-order valence-electron chi connectivity index (χ4n) is 3.08. The Balaban J connectivity index is 1.72. The summed E-state index contributed by atoms with van der Waals surface area (Å²) in [4.78, 5) is 17.1. The van der Waals surface area contributed by atoms with Gasteiger partial charge in [0, 0.05) is 25.4 Å². The smallest absolute Gasteiger partial charge is 0.303 e. The number of thiophene rings is 1. The van der Waals surface area contributed by atoms with E-state index in [1.54, 1.807) is 11.4 Å². The van der Waals surface area contributed by atoms with Crippen molar-refractivity contribution in [2.45, 2.75) is 25.7 Å². The standard InChI is InChI=1S/C15H18N4O2S/c1-10-8-14(16)17-9-12(10)11-2-5-18(6-3-11)15-13(19(20)21)4-7-22-15/h4,7-9,11H,2-3,5-6H2,1H3,(H2,16,17). The molecule has 22 heavy (non-hydrogen) atoms. The van der Waals surface area contributed by atoms with Gasteiger partial charge in [0.05, 0.1) is 4.92 Å². The van der Waals surface area contributed by atoms with E-state index in [1.807, 2.05) is 12.3 Å². The van der Waals surface area contributed by atoms with Gasteiger partial charge in [-0.2, -0.15) is 0 Å². The average molecular weight is 318 g/mol. The van der Waals surface area contributed by atoms with E-state index >= 15 is 0 Å². The van der Waals surface area contributed by atoms with Gasteiger partial charge in [0.1, 0.15) is 5.82 Å². The van der Waals surface area contributed by atoms with E-state index in [2.05, 4.69) is 16.8 Å². The number of nitrogens with two attached hydrogens (primary N) is 1. The maximum atomic E-state index is 11.1. The predicted molar refractivity (Wildman–Crippen MR) is 88.5 cm³/mol. The fourth-order valence-corrected chi connectivity index (χ4v) is 4.00. The lowest BCUT2D eigenvalue weighted by molar-refractivity contribution is -0.383. The molecule has 7 heteroatoms. The van der Waals surface area contributed by atoms with Gasteiger partial charge in [-0.05, 0) is 48.3 Å². The molecule has 1 aliphatic rings. The number of anilines is 2. The van der Waals surface area contributed by atoms with E-state index in [-0.39, 0.29) is 10.6 Å². The van der Waals surface area contributed by atoms with Crippen LogP contribution in [0.25, 0.3) is 0 Å². The van der Waals surface area contributed by atoms with Gasteiger partial charge < -0.3 is 10.6 Å². The summed E-state index contributed by atoms with van der Waals surface area (Å²) in [5.74, 6) is 0.997. The molecule has 0 bridgehead atoms. The number of rotatable bonds is 3. The molecule has 116 valence electrons. The topological polar surface area (TPSA) is 85.3 Å². The molecule has 0 radical (unpaired) electrons. The molecule has 0 aliphatic carbocycles. The molecule has 0 atom stereocenters. The first kappa shape index (κ1) is 14.8. The summed E-state index contributed by atoms with van der Waals surface area (Å²) in [5.41, 5.74) is 8.34. The normalized spacial score (nSPS) is 16.0. The molecule has 1 aliphatic heterocycles. The number of nitrogens with zero attached hydrogens (tertiary/aromatic N) is 3. The second kappa shape index (κ2) is 5.92. The monoisotopic (exact) mass is 318 g/mol. The largest absolute Gasteiger partial charge is 0.384 e. The lowest BCUT2D eigenvalue weighted by Crippen LogP contribution is -2.32. The van der Waals surface area contributed by atoms with Crippen molar-refractivity contribution in [1.29, 1.82) is 0 Å². The minimum absolute atomic E-state index is 0.216. The number of hydrogen-bond donors (Lipinski definition) is 1. The number of pyridine rings is 1. The van der Waals surface area contributed by atoms with E-state index in [0.717, 1.165) is 30.9 Å². The molecular formula is C15H18N4O2S. The lowest BCUT2D eigenvalue weighted by atomic mass is 9.88. The van der Waals surface area contributed by atoms with Gasteiger partial charge in [0.2, 0.25) is 0 Å². The molecule has 2 N–H and O–H groups in total. The highest BCUT2D eigenvalue weighted by atomic mass is 32.1. The molecule has 2 aromatic heterocycles. The van der Waals surface area contributed by atoms with Crippen molar-refractivity contribution < 1.29 is 4.92 Å². The average Bonchev–Trinajstić information content (AvgIpc) is 2.97. The number of aryl methyl sites for hydroxylation is 1. The van der Waals surface area contributed by atoms with Gasteiger partial charge in [-0.25, -0.2) is 4.98 Å². The first-order valence-corrected chi connectivity index (χ1v) is 8.13. The van der Waals surface area contributed by atoms with Gasteiger partial charge in [-0.3, -0.25) is 10.1 Å². The Morgan fingerprint density at radius 2 is 2.18 bits per heavy atom. The number of nitro groups is 1. The predicted octanol–water partition coefficient (Wildman–Crippen LogP) is 3.33. The maximum Gasteiger partial charge on any atom is 0.303 e. The van der Waals surface area contributed by atoms with Crippen LogP contribution >= 0.6 is 11.3 Å². The third-order valence-corrected chi connectivity index (χ3v) is 5.18. The number of aromatic nitrogens is 1. The molecule has 0 spiro atoms. The third-order valence-electron chi connectivity index (χ3n) is 4.22. The van der Waals surface area contributed by atoms with Crippen molar-refractivity contribution >= 4 is 27.8 Å². The minimum atomic E-state index is -0.300. The zero-order valence-electron chi connectivity index (χ0n) is 12.4. The van der Waals surface area contributed by atoms with Crippen molar-refractivity contribution in [2.24, 2.45) is 0 Å². The molecular weight excluding hydrogens is 300 g/mol. The molecule has 1 fully saturated rings. The molecule has 0 aromatic carbocycles. The van der Waals surface area contributed by atoms with E-state index < -0.39 is 0 Å². The van der Waals surface area contributed by atoms with Crippen LogP contribution in [0.2, 0.25) is 0 Å². The van der Waals surface area contributed by atoms with Crippen LogP contribution in [0.5, 0.6) is 0 Å². The maximum absolute atomic E-state index is 11.1. The lowest BCUT2D eigenvalue weighted by Gasteiger charge is -2.32. The first-order valence-electron chi connectivity index (χ1n) is 7.25. The quantitative estimate of drug-likeness (QED) is 0.693. The van der Waals surface area contributed by atoms with Gasteiger partial charge in [-0.15, -0.1) is 11.3 Å². The van der Waals surface area contributed by atoms with E-state index in [9.17, 15) is 10.1 Å². The zero-order valence-corrected chi connectivity index (χ0v) is 13.2. The highest BCUT2D eigenvalue weighted by Gasteiger charge is 2.27. The fraction of sp³-hybridized carbons (Fsp3) is 0.400. The highest BCUT2D eigenvalue weighted by molar-refractivity contribution is 7.14. The van der Waals surface area contributed by atoms with Crippen molar-refractivity contribution in [3.05, 3.63) is 45.0 Å². The van der Waals surface area contributed by atoms with Crippen molar-refractivity contribution in [3.8, 4) is 0 Å². The summed E-state index contributed by atoms with van der Waals surface area (Å²) < 4.78 is 0. The Morgan fingerprint density at radius 1 is 1.45 bits per heavy atom. The molecule has 0 saturated carbocycles. The van der Waals surface area contributed by atoms with Crippen LogP contribution in [0.3, 0.4) is 0 Å². The Morgan fingerprint density at radius 3 is 2.82 bits per heavy atom. The SMILES string of the molecule is Cc1cc(N)ncc1C1CCN(c2sccc2[N+](=O)[O-])CC1. The first-order chi connectivity index (χ1) is 10.6. The summed E-state index contributed by atoms with van der Waals surface area (Å²) in [6.45, 7) is 3.72. The highest BCUT2D eigenvalue weighted by Crippen LogP contribution is 2.38. The van der Waals surface area contributed by atoms with E-state index in [0.29, 0.717) is 11.7 Å². The van der Waals surface area contributed by atoms with Crippen LogP contribution in [0.15, 0.2) is 23.7 Å². The van der Waals surface area contributed by atoms with Gasteiger partial charge in [0.25, 0.3) is 0 Å². The number of nitrogen functional groups attached to an aromatic ring is 1. The van der Waals surface area contributed by atoms with Gasteiger partial charge >= 0.3 is 5.69 Å². The van der Waals surface area contributed by atoms with Crippen LogP contribution in [-0.2, 0) is 0 Å². The van der Waals surface area contributed by atoms with Crippen LogP contribution in [-0.4, -0.2) is 23.0 Å². The summed E-state index contributed by atoms with van der Waals surface area (Å²) in [6.07, 6.45) is 3.82. The second-order valence-electron chi connectivity index (χ2n) is 5.60. The molecule has 6 nitrogen and oxygen atoms in total. The summed E-state index contributed by atoms with van der Waals surface area (Å²) in [7, 11) is 0. The molecule has 2 aromatic rings. The second-order valence-corrected chi connectivity index (χ2v) is 6.49. The van der Waals surface area contributed by atoms with Crippen molar-refractivity contribution in [2.75, 3.05) is 23.7 Å². The van der Waals surface area contributed by atoms with Crippen LogP contribution in [0.1, 0.15) is 29.9 Å². The molecule has 1 saturated heterocycles. The summed E-state index contributed by atoms with van der Waals surface area (Å²) in [6, 6.07) is 3.49. The van der Waals surface area contributed by atoms with E-state index in [1.165, 1.54) is 22.5 Å². The van der Waals surface area contributed by atoms with Crippen molar-refractivity contribution in [1.82, 2.24) is 4.98 Å². The Hall–Kier alpha value is -2.15. The molecule has 3 heterocycles. The minimum Gasteiger partial charge on any atom is -0.384 e. The van der Waals surface area contributed by atoms with Crippen LogP contribution in [0, 0.1) is 17.0 Å². The molecule has 0 unspecified atom stereocenters. The van der Waals surface area contributed by atoms with Crippen LogP contribution < -0.4 is 10.6 Å². The number of hydrogen-bond acceptors (Lipinski definition) is 6. The molecule has 3 rings (SSSR count). The Kier molecular flexibility index (Phi) is 3.98. The summed E-state index contributed by atoms with van der Waals surface area (Å²) >= 11 is 1.44. The van der Waals surface area contributed by atoms with Gasteiger partial charge in [0.15, 0.2) is 5.00 Å². The molecule has 0 amide bonds.